The molecule has 0 amide bonds. The van der Waals surface area contributed by atoms with Gasteiger partial charge in [-0.25, -0.2) is 0 Å². The average molecular weight is 432 g/mol. The van der Waals surface area contributed by atoms with Crippen molar-refractivity contribution in [1.29, 1.82) is 0 Å². The Morgan fingerprint density at radius 2 is 0.966 bits per heavy atom. The zero-order valence-electron chi connectivity index (χ0n) is 18.0. The first kappa shape index (κ1) is 22.9. The maximum atomic E-state index is 13.7. The third kappa shape index (κ3) is 3.85. The quantitative estimate of drug-likeness (QED) is 0.663. The molecule has 3 rings (SSSR count). The summed E-state index contributed by atoms with van der Waals surface area (Å²) in [6, 6.07) is 1.94. The number of alkyl halides is 3. The van der Waals surface area contributed by atoms with Crippen LogP contribution >= 0.6 is 11.6 Å². The predicted molar refractivity (Wildman–Crippen MR) is 108 cm³/mol. The highest BCUT2D eigenvalue weighted by Gasteiger charge is 2.55. The normalized spacial score (nSPS) is 25.0. The standard InChI is InChI=1S/C19H26B2ClF3O4/c1-15(2)16(3,4)27-20(26-15)12-9-11(19(23,24)25)10-13(14(12)22)21-28-17(5,6)18(7,8)29-21/h9-10H,1-8H3. The maximum Gasteiger partial charge on any atom is 0.496 e. The van der Waals surface area contributed by atoms with Crippen LogP contribution < -0.4 is 10.9 Å². The number of rotatable bonds is 2. The SMILES string of the molecule is CC1(C)OB(c2cc(C(F)(F)F)cc(B3OC(C)(C)C(C)(C)O3)c2Cl)OC1(C)C. The van der Waals surface area contributed by atoms with Crippen molar-refractivity contribution < 1.29 is 31.8 Å². The van der Waals surface area contributed by atoms with Crippen LogP contribution in [0.3, 0.4) is 0 Å². The van der Waals surface area contributed by atoms with Gasteiger partial charge < -0.3 is 18.6 Å². The molecule has 4 nitrogen and oxygen atoms in total. The lowest BCUT2D eigenvalue weighted by atomic mass is 9.70. The Morgan fingerprint density at radius 3 is 1.21 bits per heavy atom. The fourth-order valence-corrected chi connectivity index (χ4v) is 3.40. The molecule has 0 radical (unpaired) electrons. The first-order chi connectivity index (χ1) is 12.9. The average Bonchev–Trinajstić information content (AvgIpc) is 2.85. The van der Waals surface area contributed by atoms with E-state index in [2.05, 4.69) is 0 Å². The van der Waals surface area contributed by atoms with Gasteiger partial charge in [-0.15, -0.1) is 0 Å². The fraction of sp³-hybridized carbons (Fsp3) is 0.684. The van der Waals surface area contributed by atoms with Crippen LogP contribution in [0.15, 0.2) is 12.1 Å². The molecule has 0 aromatic heterocycles. The van der Waals surface area contributed by atoms with Gasteiger partial charge >= 0.3 is 20.4 Å². The van der Waals surface area contributed by atoms with Crippen LogP contribution in [0.2, 0.25) is 5.02 Å². The Balaban J connectivity index is 2.11. The predicted octanol–water partition coefficient (Wildman–Crippen LogP) is 3.96. The lowest BCUT2D eigenvalue weighted by Crippen LogP contribution is -2.43. The summed E-state index contributed by atoms with van der Waals surface area (Å²) in [5, 5.41) is 0.0787. The topological polar surface area (TPSA) is 36.9 Å². The van der Waals surface area contributed by atoms with Gasteiger partial charge in [0.15, 0.2) is 0 Å². The number of hydrogen-bond acceptors (Lipinski definition) is 4. The fourth-order valence-electron chi connectivity index (χ4n) is 3.12. The van der Waals surface area contributed by atoms with Gasteiger partial charge in [-0.2, -0.15) is 13.2 Å². The second-order valence-corrected chi connectivity index (χ2v) is 10.0. The van der Waals surface area contributed by atoms with Gasteiger partial charge in [0.2, 0.25) is 0 Å². The van der Waals surface area contributed by atoms with Crippen LogP contribution in [-0.2, 0) is 24.8 Å². The lowest BCUT2D eigenvalue weighted by Gasteiger charge is -2.32. The molecule has 10 heteroatoms. The molecule has 2 aliphatic rings. The second kappa shape index (κ2) is 6.63. The minimum Gasteiger partial charge on any atom is -0.399 e. The molecular formula is C19H26B2ClF3O4. The van der Waals surface area contributed by atoms with E-state index in [-0.39, 0.29) is 15.9 Å². The van der Waals surface area contributed by atoms with Gasteiger partial charge in [-0.05, 0) is 67.5 Å². The van der Waals surface area contributed by atoms with Gasteiger partial charge in [0.1, 0.15) is 0 Å². The highest BCUT2D eigenvalue weighted by atomic mass is 35.5. The van der Waals surface area contributed by atoms with Crippen LogP contribution in [0.4, 0.5) is 13.2 Å². The smallest absolute Gasteiger partial charge is 0.399 e. The third-order valence-corrected chi connectivity index (χ3v) is 6.91. The first-order valence-corrected chi connectivity index (χ1v) is 9.88. The Morgan fingerprint density at radius 1 is 0.690 bits per heavy atom. The van der Waals surface area contributed by atoms with Gasteiger partial charge in [-0.1, -0.05) is 11.6 Å². The minimum absolute atomic E-state index is 0.0787. The zero-order chi connectivity index (χ0) is 22.2. The molecule has 0 N–H and O–H groups in total. The molecule has 1 aromatic carbocycles. The molecule has 1 aromatic rings. The third-order valence-electron chi connectivity index (χ3n) is 6.47. The Hall–Kier alpha value is -0.730. The van der Waals surface area contributed by atoms with E-state index in [9.17, 15) is 13.2 Å². The van der Waals surface area contributed by atoms with E-state index >= 15 is 0 Å². The second-order valence-electron chi connectivity index (χ2n) is 9.64. The van der Waals surface area contributed by atoms with Gasteiger partial charge in [0, 0.05) is 15.9 Å². The van der Waals surface area contributed by atoms with Crippen molar-refractivity contribution >= 4 is 36.8 Å². The minimum atomic E-state index is -4.58. The molecule has 160 valence electrons. The Bertz CT molecular complexity index is 735. The van der Waals surface area contributed by atoms with Crippen molar-refractivity contribution in [1.82, 2.24) is 0 Å². The largest absolute Gasteiger partial charge is 0.496 e. The molecule has 0 atom stereocenters. The number of benzene rings is 1. The van der Waals surface area contributed by atoms with Crippen molar-refractivity contribution in [3.05, 3.63) is 22.7 Å². The lowest BCUT2D eigenvalue weighted by molar-refractivity contribution is -0.137. The van der Waals surface area contributed by atoms with E-state index in [4.69, 9.17) is 30.2 Å². The maximum absolute atomic E-state index is 13.7. The number of hydrogen-bond donors (Lipinski definition) is 0. The summed E-state index contributed by atoms with van der Waals surface area (Å²) in [5.74, 6) is 0. The highest BCUT2D eigenvalue weighted by molar-refractivity contribution is 6.71. The van der Waals surface area contributed by atoms with Crippen LogP contribution in [0, 0.1) is 0 Å². The van der Waals surface area contributed by atoms with Crippen LogP contribution in [0.25, 0.3) is 0 Å². The summed E-state index contributed by atoms with van der Waals surface area (Å²) in [5.41, 5.74) is -3.55. The molecule has 0 spiro atoms. The molecule has 2 heterocycles. The van der Waals surface area contributed by atoms with Crippen LogP contribution in [0.1, 0.15) is 61.0 Å². The summed E-state index contributed by atoms with van der Waals surface area (Å²) in [7, 11) is -2.09. The summed E-state index contributed by atoms with van der Waals surface area (Å²) in [6.45, 7) is 14.6. The molecule has 0 aliphatic carbocycles. The molecule has 0 unspecified atom stereocenters. The van der Waals surface area contributed by atoms with E-state index in [0.717, 1.165) is 12.1 Å². The van der Waals surface area contributed by atoms with Gasteiger partial charge in [0.05, 0.1) is 28.0 Å². The number of halogens is 4. The van der Waals surface area contributed by atoms with Crippen molar-refractivity contribution in [2.45, 2.75) is 84.0 Å². The Labute approximate surface area is 175 Å². The molecule has 0 saturated carbocycles. The monoisotopic (exact) mass is 432 g/mol. The van der Waals surface area contributed by atoms with Crippen molar-refractivity contribution in [3.8, 4) is 0 Å². The Kier molecular flexibility index (Phi) is 5.25. The summed E-state index contributed by atoms with van der Waals surface area (Å²) < 4.78 is 64.7. The first-order valence-electron chi connectivity index (χ1n) is 9.50. The van der Waals surface area contributed by atoms with E-state index in [1.807, 2.05) is 55.4 Å². The summed E-state index contributed by atoms with van der Waals surface area (Å²) >= 11 is 6.58. The molecule has 29 heavy (non-hydrogen) atoms. The molecule has 2 saturated heterocycles. The van der Waals surface area contributed by atoms with Crippen molar-refractivity contribution in [3.63, 3.8) is 0 Å². The van der Waals surface area contributed by atoms with E-state index in [0.29, 0.717) is 0 Å². The van der Waals surface area contributed by atoms with Crippen LogP contribution in [0.5, 0.6) is 0 Å². The summed E-state index contributed by atoms with van der Waals surface area (Å²) in [6.07, 6.45) is -4.58. The van der Waals surface area contributed by atoms with Crippen LogP contribution in [-0.4, -0.2) is 36.6 Å². The van der Waals surface area contributed by atoms with Gasteiger partial charge in [-0.3, -0.25) is 0 Å². The molecule has 2 aliphatic heterocycles. The van der Waals surface area contributed by atoms with E-state index in [1.165, 1.54) is 0 Å². The molecular weight excluding hydrogens is 406 g/mol. The van der Waals surface area contributed by atoms with E-state index < -0.39 is 48.4 Å². The molecule has 0 bridgehead atoms. The zero-order valence-corrected chi connectivity index (χ0v) is 18.7. The highest BCUT2D eigenvalue weighted by Crippen LogP contribution is 2.40. The van der Waals surface area contributed by atoms with Crippen molar-refractivity contribution in [2.24, 2.45) is 0 Å². The van der Waals surface area contributed by atoms with E-state index in [1.54, 1.807) is 0 Å². The summed E-state index contributed by atoms with van der Waals surface area (Å²) in [4.78, 5) is 0. The van der Waals surface area contributed by atoms with Crippen molar-refractivity contribution in [2.75, 3.05) is 0 Å². The van der Waals surface area contributed by atoms with Gasteiger partial charge in [0.25, 0.3) is 0 Å². The molecule has 2 fully saturated rings.